The van der Waals surface area contributed by atoms with Gasteiger partial charge >= 0.3 is 6.09 Å². The van der Waals surface area contributed by atoms with Crippen molar-refractivity contribution in [3.63, 3.8) is 0 Å². The van der Waals surface area contributed by atoms with Crippen LogP contribution in [-0.2, 0) is 16.1 Å². The molecule has 17 heavy (non-hydrogen) atoms. The zero-order valence-electron chi connectivity index (χ0n) is 9.92. The van der Waals surface area contributed by atoms with Crippen LogP contribution in [0.25, 0.3) is 0 Å². The van der Waals surface area contributed by atoms with Crippen molar-refractivity contribution >= 4 is 12.0 Å². The number of benzene rings is 1. The summed E-state index contributed by atoms with van der Waals surface area (Å²) in [5.41, 5.74) is 0.871. The third-order valence-corrected chi connectivity index (χ3v) is 2.15. The number of hydrogen-bond donors (Lipinski definition) is 0. The summed E-state index contributed by atoms with van der Waals surface area (Å²) in [5.74, 6) is -0.386. The van der Waals surface area contributed by atoms with Crippen molar-refractivity contribution < 1.29 is 14.3 Å². The summed E-state index contributed by atoms with van der Waals surface area (Å²) in [6.07, 6.45) is 2.26. The Kier molecular flexibility index (Phi) is 4.94. The van der Waals surface area contributed by atoms with Crippen LogP contribution in [0.15, 0.2) is 42.5 Å². The van der Waals surface area contributed by atoms with Crippen LogP contribution >= 0.6 is 0 Å². The maximum absolute atomic E-state index is 11.7. The van der Waals surface area contributed by atoms with Gasteiger partial charge in [-0.2, -0.15) is 0 Å². The predicted molar refractivity (Wildman–Crippen MR) is 64.2 cm³/mol. The number of methoxy groups -OCH3 is 1. The molecule has 0 spiro atoms. The molecule has 4 heteroatoms. The Morgan fingerprint density at radius 1 is 1.29 bits per heavy atom. The van der Waals surface area contributed by atoms with Crippen molar-refractivity contribution in [3.05, 3.63) is 48.0 Å². The molecule has 2 amide bonds. The molecule has 1 rings (SSSR count). The second kappa shape index (κ2) is 6.48. The molecule has 0 aliphatic rings. The quantitative estimate of drug-likeness (QED) is 0.753. The Morgan fingerprint density at radius 2 is 1.94 bits per heavy atom. The van der Waals surface area contributed by atoms with E-state index in [2.05, 4.69) is 4.74 Å². The smallest absolute Gasteiger partial charge is 0.416 e. The van der Waals surface area contributed by atoms with Crippen LogP contribution < -0.4 is 0 Å². The standard InChI is InChI=1S/C13H15NO3/c1-3-7-12(15)14(13(16)17-2)10-11-8-5-4-6-9-11/h3-9H,10H2,1-2H3/b7-3+. The van der Waals surface area contributed by atoms with Gasteiger partial charge in [-0.25, -0.2) is 9.69 Å². The second-order valence-corrected chi connectivity index (χ2v) is 3.38. The Balaban J connectivity index is 2.85. The topological polar surface area (TPSA) is 46.6 Å². The molecule has 0 aromatic heterocycles. The molecule has 1 aromatic rings. The van der Waals surface area contributed by atoms with Gasteiger partial charge in [0.05, 0.1) is 13.7 Å². The second-order valence-electron chi connectivity index (χ2n) is 3.38. The van der Waals surface area contributed by atoms with Gasteiger partial charge in [0.15, 0.2) is 0 Å². The molecule has 0 atom stereocenters. The van der Waals surface area contributed by atoms with Gasteiger partial charge in [0.1, 0.15) is 0 Å². The lowest BCUT2D eigenvalue weighted by Crippen LogP contribution is -2.35. The molecule has 0 N–H and O–H groups in total. The lowest BCUT2D eigenvalue weighted by Gasteiger charge is -2.17. The summed E-state index contributed by atoms with van der Waals surface area (Å²) in [7, 11) is 1.25. The average Bonchev–Trinajstić information content (AvgIpc) is 2.36. The van der Waals surface area contributed by atoms with Gasteiger partial charge in [-0.1, -0.05) is 36.4 Å². The molecule has 1 aromatic carbocycles. The van der Waals surface area contributed by atoms with Gasteiger partial charge in [-0.15, -0.1) is 0 Å². The minimum absolute atomic E-state index is 0.205. The SMILES string of the molecule is C/C=C/C(=O)N(Cc1ccccc1)C(=O)OC. The maximum atomic E-state index is 11.7. The molecule has 0 bridgehead atoms. The largest absolute Gasteiger partial charge is 0.452 e. The number of carbonyl (C=O) groups excluding carboxylic acids is 2. The Hall–Kier alpha value is -2.10. The summed E-state index contributed by atoms with van der Waals surface area (Å²) in [4.78, 5) is 24.2. The number of amides is 2. The fourth-order valence-corrected chi connectivity index (χ4v) is 1.34. The van der Waals surface area contributed by atoms with E-state index in [0.717, 1.165) is 10.5 Å². The van der Waals surface area contributed by atoms with Gasteiger partial charge in [-0.3, -0.25) is 4.79 Å². The van der Waals surface area contributed by atoms with Gasteiger partial charge in [0, 0.05) is 0 Å². The molecular weight excluding hydrogens is 218 g/mol. The normalized spacial score (nSPS) is 10.2. The fourth-order valence-electron chi connectivity index (χ4n) is 1.34. The minimum Gasteiger partial charge on any atom is -0.452 e. The fraction of sp³-hybridized carbons (Fsp3) is 0.231. The van der Waals surface area contributed by atoms with E-state index in [1.807, 2.05) is 30.3 Å². The number of hydrogen-bond acceptors (Lipinski definition) is 3. The molecule has 0 unspecified atom stereocenters. The van der Waals surface area contributed by atoms with Crippen molar-refractivity contribution in [2.45, 2.75) is 13.5 Å². The van der Waals surface area contributed by atoms with Crippen molar-refractivity contribution in [1.29, 1.82) is 0 Å². The summed E-state index contributed by atoms with van der Waals surface area (Å²) in [5, 5.41) is 0. The first kappa shape index (κ1) is 13.0. The zero-order chi connectivity index (χ0) is 12.7. The molecule has 0 heterocycles. The number of ether oxygens (including phenoxy) is 1. The molecule has 0 saturated carbocycles. The zero-order valence-corrected chi connectivity index (χ0v) is 9.92. The van der Waals surface area contributed by atoms with Crippen molar-refractivity contribution in [2.75, 3.05) is 7.11 Å². The number of imide groups is 1. The Morgan fingerprint density at radius 3 is 2.47 bits per heavy atom. The monoisotopic (exact) mass is 233 g/mol. The number of allylic oxidation sites excluding steroid dienone is 1. The van der Waals surface area contributed by atoms with E-state index in [1.54, 1.807) is 13.0 Å². The van der Waals surface area contributed by atoms with E-state index in [-0.39, 0.29) is 12.5 Å². The van der Waals surface area contributed by atoms with Crippen LogP contribution in [0.4, 0.5) is 4.79 Å². The first-order chi connectivity index (χ1) is 8.19. The molecule has 0 fully saturated rings. The van der Waals surface area contributed by atoms with Crippen LogP contribution in [0, 0.1) is 0 Å². The van der Waals surface area contributed by atoms with E-state index in [9.17, 15) is 9.59 Å². The average molecular weight is 233 g/mol. The molecule has 0 aliphatic heterocycles. The molecule has 0 radical (unpaired) electrons. The Labute approximate surface area is 100 Å². The lowest BCUT2D eigenvalue weighted by molar-refractivity contribution is -0.124. The van der Waals surface area contributed by atoms with E-state index >= 15 is 0 Å². The van der Waals surface area contributed by atoms with Crippen LogP contribution in [0.2, 0.25) is 0 Å². The summed E-state index contributed by atoms with van der Waals surface area (Å²) >= 11 is 0. The van der Waals surface area contributed by atoms with Gasteiger partial charge in [0.25, 0.3) is 5.91 Å². The number of rotatable bonds is 3. The highest BCUT2D eigenvalue weighted by Gasteiger charge is 2.19. The summed E-state index contributed by atoms with van der Waals surface area (Å²) in [6, 6.07) is 9.27. The van der Waals surface area contributed by atoms with Gasteiger partial charge in [-0.05, 0) is 18.6 Å². The summed E-state index contributed by atoms with van der Waals surface area (Å²) < 4.78 is 4.58. The maximum Gasteiger partial charge on any atom is 0.416 e. The van der Waals surface area contributed by atoms with Crippen molar-refractivity contribution in [1.82, 2.24) is 4.90 Å². The number of carbonyl (C=O) groups is 2. The van der Waals surface area contributed by atoms with Gasteiger partial charge in [0.2, 0.25) is 0 Å². The first-order valence-corrected chi connectivity index (χ1v) is 5.25. The van der Waals surface area contributed by atoms with E-state index < -0.39 is 6.09 Å². The molecule has 0 saturated heterocycles. The highest BCUT2D eigenvalue weighted by molar-refractivity contribution is 5.98. The highest BCUT2D eigenvalue weighted by Crippen LogP contribution is 2.06. The molecular formula is C13H15NO3. The predicted octanol–water partition coefficient (Wildman–Crippen LogP) is 2.36. The lowest BCUT2D eigenvalue weighted by atomic mass is 10.2. The van der Waals surface area contributed by atoms with Crippen molar-refractivity contribution in [2.24, 2.45) is 0 Å². The number of nitrogens with zero attached hydrogens (tertiary/aromatic N) is 1. The molecule has 90 valence electrons. The van der Waals surface area contributed by atoms with E-state index in [1.165, 1.54) is 13.2 Å². The van der Waals surface area contributed by atoms with Crippen LogP contribution in [0.5, 0.6) is 0 Å². The Bertz CT molecular complexity index is 412. The van der Waals surface area contributed by atoms with Gasteiger partial charge < -0.3 is 4.74 Å². The molecule has 4 nitrogen and oxygen atoms in total. The van der Waals surface area contributed by atoms with E-state index in [0.29, 0.717) is 0 Å². The van der Waals surface area contributed by atoms with Crippen molar-refractivity contribution in [3.8, 4) is 0 Å². The van der Waals surface area contributed by atoms with Crippen LogP contribution in [-0.4, -0.2) is 24.0 Å². The van der Waals surface area contributed by atoms with E-state index in [4.69, 9.17) is 0 Å². The van der Waals surface area contributed by atoms with Crippen LogP contribution in [0.3, 0.4) is 0 Å². The third kappa shape index (κ3) is 3.75. The molecule has 0 aliphatic carbocycles. The highest BCUT2D eigenvalue weighted by atomic mass is 16.5. The summed E-state index contributed by atoms with van der Waals surface area (Å²) in [6.45, 7) is 1.92. The van der Waals surface area contributed by atoms with Crippen LogP contribution in [0.1, 0.15) is 12.5 Å². The minimum atomic E-state index is -0.656. The first-order valence-electron chi connectivity index (χ1n) is 5.25. The third-order valence-electron chi connectivity index (χ3n) is 2.15.